The fraction of sp³-hybridized carbons (Fsp3) is 0.571. The summed E-state index contributed by atoms with van der Waals surface area (Å²) in [5.74, 6) is 0.774. The lowest BCUT2D eigenvalue weighted by Crippen LogP contribution is -2.41. The second kappa shape index (κ2) is 9.19. The third kappa shape index (κ3) is 5.10. The van der Waals surface area contributed by atoms with Crippen LogP contribution in [-0.4, -0.2) is 54.6 Å². The van der Waals surface area contributed by atoms with E-state index in [0.29, 0.717) is 12.3 Å². The molecule has 7 nitrogen and oxygen atoms in total. The molecule has 1 saturated heterocycles. The number of hydrazone groups is 1. The Balaban J connectivity index is 1.50. The number of amides is 2. The zero-order valence-electron chi connectivity index (χ0n) is 16.8. The second-order valence-corrected chi connectivity index (χ2v) is 8.16. The van der Waals surface area contributed by atoms with E-state index in [1.807, 2.05) is 30.3 Å². The Morgan fingerprint density at radius 3 is 2.50 bits per heavy atom. The average Bonchev–Trinajstić information content (AvgIpc) is 3.11. The van der Waals surface area contributed by atoms with Crippen LogP contribution in [0.2, 0.25) is 0 Å². The van der Waals surface area contributed by atoms with E-state index in [9.17, 15) is 9.59 Å². The van der Waals surface area contributed by atoms with E-state index in [-0.39, 0.29) is 12.3 Å². The van der Waals surface area contributed by atoms with Crippen molar-refractivity contribution in [2.75, 3.05) is 31.2 Å². The van der Waals surface area contributed by atoms with Crippen LogP contribution in [0.25, 0.3) is 0 Å². The lowest BCUT2D eigenvalue weighted by molar-refractivity contribution is -0.119. The number of nitrogens with zero attached hydrogens (tertiary/aromatic N) is 3. The number of carbonyl (C=O) groups excluding carboxylic acids is 2. The summed E-state index contributed by atoms with van der Waals surface area (Å²) >= 11 is 0. The molecule has 0 aliphatic carbocycles. The van der Waals surface area contributed by atoms with E-state index in [2.05, 4.69) is 29.2 Å². The number of hydrogen-bond donors (Lipinski definition) is 2. The largest absolute Gasteiger partial charge is 0.368 e. The summed E-state index contributed by atoms with van der Waals surface area (Å²) in [7, 11) is 0. The zero-order chi connectivity index (χ0) is 20.1. The molecular formula is C21H31N5O2. The van der Waals surface area contributed by atoms with Crippen LogP contribution >= 0.6 is 0 Å². The highest BCUT2D eigenvalue weighted by Crippen LogP contribution is 2.24. The molecule has 7 heteroatoms. The maximum atomic E-state index is 12.5. The number of hydrogen-bond acceptors (Lipinski definition) is 5. The van der Waals surface area contributed by atoms with Crippen LogP contribution in [0.15, 0.2) is 35.4 Å². The predicted molar refractivity (Wildman–Crippen MR) is 111 cm³/mol. The van der Waals surface area contributed by atoms with E-state index < -0.39 is 11.9 Å². The van der Waals surface area contributed by atoms with Crippen molar-refractivity contribution in [1.29, 1.82) is 0 Å². The van der Waals surface area contributed by atoms with Crippen LogP contribution in [0, 0.1) is 11.8 Å². The normalized spacial score (nSPS) is 25.4. The molecule has 1 fully saturated rings. The van der Waals surface area contributed by atoms with Crippen LogP contribution in [-0.2, 0) is 9.59 Å². The number of piperidine rings is 1. The lowest BCUT2D eigenvalue weighted by Gasteiger charge is -2.34. The van der Waals surface area contributed by atoms with Crippen LogP contribution < -0.4 is 16.1 Å². The maximum Gasteiger partial charge on any atom is 0.267 e. The molecule has 152 valence electrons. The van der Waals surface area contributed by atoms with Gasteiger partial charge in [0.1, 0.15) is 11.8 Å². The first-order valence-electron chi connectivity index (χ1n) is 10.2. The lowest BCUT2D eigenvalue weighted by atomic mass is 9.92. The van der Waals surface area contributed by atoms with Crippen molar-refractivity contribution in [2.24, 2.45) is 22.7 Å². The zero-order valence-corrected chi connectivity index (χ0v) is 16.8. The van der Waals surface area contributed by atoms with Crippen LogP contribution in [0.3, 0.4) is 0 Å². The average molecular weight is 386 g/mol. The number of likely N-dealkylation sites (tertiary alicyclic amines) is 1. The third-order valence-electron chi connectivity index (χ3n) is 5.40. The highest BCUT2D eigenvalue weighted by atomic mass is 16.2. The van der Waals surface area contributed by atoms with E-state index in [4.69, 9.17) is 5.73 Å². The number of nitrogens with two attached hydrogens (primary N) is 1. The van der Waals surface area contributed by atoms with Gasteiger partial charge in [0, 0.05) is 26.1 Å². The minimum atomic E-state index is -0.625. The van der Waals surface area contributed by atoms with Gasteiger partial charge in [-0.05, 0) is 43.4 Å². The first-order valence-corrected chi connectivity index (χ1v) is 10.2. The van der Waals surface area contributed by atoms with Crippen molar-refractivity contribution >= 4 is 23.2 Å². The number of primary amides is 1. The quantitative estimate of drug-likeness (QED) is 0.698. The Morgan fingerprint density at radius 1 is 1.18 bits per heavy atom. The number of carbonyl (C=O) groups is 2. The summed E-state index contributed by atoms with van der Waals surface area (Å²) in [4.78, 5) is 26.8. The minimum absolute atomic E-state index is 0.218. The van der Waals surface area contributed by atoms with Crippen LogP contribution in [0.5, 0.6) is 0 Å². The van der Waals surface area contributed by atoms with Crippen LogP contribution in [0.4, 0.5) is 5.69 Å². The molecule has 1 aromatic carbocycles. The molecule has 2 aliphatic heterocycles. The number of benzene rings is 1. The Kier molecular flexibility index (Phi) is 6.67. The van der Waals surface area contributed by atoms with E-state index >= 15 is 0 Å². The van der Waals surface area contributed by atoms with E-state index in [0.717, 1.165) is 43.6 Å². The van der Waals surface area contributed by atoms with Crippen LogP contribution in [0.1, 0.15) is 33.1 Å². The summed E-state index contributed by atoms with van der Waals surface area (Å²) in [5, 5.41) is 8.87. The maximum absolute atomic E-state index is 12.5. The number of rotatable bonds is 7. The Labute approximate surface area is 166 Å². The van der Waals surface area contributed by atoms with Gasteiger partial charge in [-0.3, -0.25) is 14.6 Å². The molecule has 0 bridgehead atoms. The summed E-state index contributed by atoms with van der Waals surface area (Å²) in [5.41, 5.74) is 6.63. The molecule has 0 saturated carbocycles. The predicted octanol–water partition coefficient (Wildman–Crippen LogP) is 1.59. The number of nitrogens with one attached hydrogen (secondary N) is 1. The smallest absolute Gasteiger partial charge is 0.267 e. The van der Waals surface area contributed by atoms with Crippen molar-refractivity contribution in [3.05, 3.63) is 30.3 Å². The van der Waals surface area contributed by atoms with Gasteiger partial charge < -0.3 is 16.0 Å². The summed E-state index contributed by atoms with van der Waals surface area (Å²) < 4.78 is 0. The molecule has 2 aliphatic rings. The van der Waals surface area contributed by atoms with Gasteiger partial charge in [0.15, 0.2) is 0 Å². The van der Waals surface area contributed by atoms with Gasteiger partial charge in [-0.2, -0.15) is 5.10 Å². The molecule has 2 heterocycles. The van der Waals surface area contributed by atoms with Gasteiger partial charge in [-0.25, -0.2) is 0 Å². The molecule has 3 unspecified atom stereocenters. The highest BCUT2D eigenvalue weighted by Gasteiger charge is 2.34. The van der Waals surface area contributed by atoms with Crippen molar-refractivity contribution in [2.45, 2.75) is 39.2 Å². The fourth-order valence-electron chi connectivity index (χ4n) is 4.27. The highest BCUT2D eigenvalue weighted by molar-refractivity contribution is 6.40. The first-order chi connectivity index (χ1) is 13.4. The molecule has 0 radical (unpaired) electrons. The minimum Gasteiger partial charge on any atom is -0.368 e. The van der Waals surface area contributed by atoms with E-state index in [1.54, 1.807) is 5.01 Å². The van der Waals surface area contributed by atoms with Gasteiger partial charge in [0.05, 0.1) is 5.69 Å². The fourth-order valence-corrected chi connectivity index (χ4v) is 4.27. The number of para-hydroxylation sites is 1. The molecule has 0 aromatic heterocycles. The molecule has 0 spiro atoms. The second-order valence-electron chi connectivity index (χ2n) is 8.16. The van der Waals surface area contributed by atoms with Crippen molar-refractivity contribution in [3.8, 4) is 0 Å². The van der Waals surface area contributed by atoms with Crippen molar-refractivity contribution < 1.29 is 9.59 Å². The van der Waals surface area contributed by atoms with Gasteiger partial charge >= 0.3 is 0 Å². The van der Waals surface area contributed by atoms with Gasteiger partial charge in [0.2, 0.25) is 5.91 Å². The molecule has 3 N–H and O–H groups in total. The van der Waals surface area contributed by atoms with Gasteiger partial charge in [0.25, 0.3) is 5.91 Å². The Morgan fingerprint density at radius 2 is 1.86 bits per heavy atom. The Bertz CT molecular complexity index is 711. The molecule has 3 rings (SSSR count). The van der Waals surface area contributed by atoms with Crippen molar-refractivity contribution in [1.82, 2.24) is 10.2 Å². The molecule has 1 aromatic rings. The molecule has 28 heavy (non-hydrogen) atoms. The van der Waals surface area contributed by atoms with Crippen molar-refractivity contribution in [3.63, 3.8) is 0 Å². The monoisotopic (exact) mass is 385 g/mol. The molecule has 3 atom stereocenters. The topological polar surface area (TPSA) is 91.0 Å². The van der Waals surface area contributed by atoms with Gasteiger partial charge in [-0.15, -0.1) is 0 Å². The van der Waals surface area contributed by atoms with Gasteiger partial charge in [-0.1, -0.05) is 32.0 Å². The molecule has 2 amide bonds. The summed E-state index contributed by atoms with van der Waals surface area (Å²) in [6, 6.07) is 8.69. The number of anilines is 1. The Hall–Kier alpha value is -2.41. The third-order valence-corrected chi connectivity index (χ3v) is 5.40. The molecular weight excluding hydrogens is 354 g/mol. The van der Waals surface area contributed by atoms with E-state index in [1.165, 1.54) is 6.42 Å². The standard InChI is InChI=1S/C21H31N5O2/c1-15-11-16(2)14-25(13-15)10-6-9-23-21(28)18-12-19(20(22)27)26(24-18)17-7-4-3-5-8-17/h3-5,7-8,15-16,19H,6,9-14H2,1-2H3,(H2,22,27)(H,23,28). The summed E-state index contributed by atoms with van der Waals surface area (Å²) in [6.45, 7) is 8.46. The SMILES string of the molecule is CC1CC(C)CN(CCCNC(=O)C2=NN(c3ccccc3)C(C(N)=O)C2)C1. The first kappa shape index (κ1) is 20.3. The summed E-state index contributed by atoms with van der Waals surface area (Å²) in [6.07, 6.45) is 2.43.